The van der Waals surface area contributed by atoms with Crippen molar-refractivity contribution >= 4 is 6.21 Å². The summed E-state index contributed by atoms with van der Waals surface area (Å²) in [5.41, 5.74) is 1.35. The van der Waals surface area contributed by atoms with Crippen LogP contribution in [-0.2, 0) is 6.42 Å². The standard InChI is InChI=1S/C14H17FN2/c15-13-9-14(11-16-10-13)17-8-4-7-12-5-2-1-3-6-12/h1-3,5-6,9-10,14,17H,4,7-8,11H2/t14-/m0/s1. The van der Waals surface area contributed by atoms with Gasteiger partial charge in [-0.25, -0.2) is 4.39 Å². The number of halogens is 1. The molecule has 1 aliphatic heterocycles. The van der Waals surface area contributed by atoms with E-state index in [2.05, 4.69) is 34.6 Å². The lowest BCUT2D eigenvalue weighted by molar-refractivity contribution is 0.559. The SMILES string of the molecule is FC1=C[C@H](NCCCc2ccccc2)CN=C1. The van der Waals surface area contributed by atoms with Gasteiger partial charge in [0.15, 0.2) is 0 Å². The Morgan fingerprint density at radius 2 is 2.12 bits per heavy atom. The van der Waals surface area contributed by atoms with Crippen molar-refractivity contribution in [3.8, 4) is 0 Å². The summed E-state index contributed by atoms with van der Waals surface area (Å²) in [6, 6.07) is 10.4. The average Bonchev–Trinajstić information content (AvgIpc) is 2.36. The van der Waals surface area contributed by atoms with E-state index in [-0.39, 0.29) is 11.9 Å². The molecule has 0 fully saturated rings. The Kier molecular flexibility index (Phi) is 4.45. The molecule has 0 aliphatic carbocycles. The van der Waals surface area contributed by atoms with Gasteiger partial charge in [0.1, 0.15) is 5.83 Å². The fraction of sp³-hybridized carbons (Fsp3) is 0.357. The number of benzene rings is 1. The number of aryl methyl sites for hydroxylation is 1. The van der Waals surface area contributed by atoms with Gasteiger partial charge in [-0.05, 0) is 31.0 Å². The summed E-state index contributed by atoms with van der Waals surface area (Å²) in [6.45, 7) is 1.53. The molecular formula is C14H17FN2. The molecule has 1 N–H and O–H groups in total. The molecule has 1 aromatic rings. The van der Waals surface area contributed by atoms with Gasteiger partial charge in [-0.2, -0.15) is 0 Å². The second-order valence-electron chi connectivity index (χ2n) is 4.20. The lowest BCUT2D eigenvalue weighted by Crippen LogP contribution is -2.32. The Hall–Kier alpha value is -1.48. The first-order valence-corrected chi connectivity index (χ1v) is 5.99. The van der Waals surface area contributed by atoms with Gasteiger partial charge in [0.2, 0.25) is 0 Å². The molecule has 0 radical (unpaired) electrons. The van der Waals surface area contributed by atoms with E-state index >= 15 is 0 Å². The van der Waals surface area contributed by atoms with Crippen molar-refractivity contribution in [2.45, 2.75) is 18.9 Å². The zero-order valence-electron chi connectivity index (χ0n) is 9.77. The van der Waals surface area contributed by atoms with Crippen molar-refractivity contribution in [1.29, 1.82) is 0 Å². The molecule has 0 bridgehead atoms. The lowest BCUT2D eigenvalue weighted by atomic mass is 10.1. The lowest BCUT2D eigenvalue weighted by Gasteiger charge is -2.15. The molecule has 0 aromatic heterocycles. The Labute approximate surface area is 101 Å². The van der Waals surface area contributed by atoms with Crippen molar-refractivity contribution in [2.24, 2.45) is 4.99 Å². The minimum Gasteiger partial charge on any atom is -0.309 e. The molecular weight excluding hydrogens is 215 g/mol. The highest BCUT2D eigenvalue weighted by Crippen LogP contribution is 2.04. The van der Waals surface area contributed by atoms with E-state index in [1.807, 2.05) is 6.07 Å². The summed E-state index contributed by atoms with van der Waals surface area (Å²) in [4.78, 5) is 3.95. The molecule has 1 aromatic carbocycles. The molecule has 17 heavy (non-hydrogen) atoms. The number of rotatable bonds is 5. The monoisotopic (exact) mass is 232 g/mol. The maximum atomic E-state index is 12.9. The molecule has 3 heteroatoms. The van der Waals surface area contributed by atoms with Crippen LogP contribution in [0.5, 0.6) is 0 Å². The van der Waals surface area contributed by atoms with Gasteiger partial charge in [-0.15, -0.1) is 0 Å². The third-order valence-corrected chi connectivity index (χ3v) is 2.77. The van der Waals surface area contributed by atoms with Gasteiger partial charge in [-0.1, -0.05) is 30.3 Å². The van der Waals surface area contributed by atoms with E-state index in [1.54, 1.807) is 6.08 Å². The molecule has 1 heterocycles. The molecule has 0 unspecified atom stereocenters. The largest absolute Gasteiger partial charge is 0.309 e. The van der Waals surface area contributed by atoms with Crippen LogP contribution in [0, 0.1) is 0 Å². The predicted molar refractivity (Wildman–Crippen MR) is 69.1 cm³/mol. The highest BCUT2D eigenvalue weighted by Gasteiger charge is 2.08. The summed E-state index contributed by atoms with van der Waals surface area (Å²) in [7, 11) is 0. The third kappa shape index (κ3) is 4.11. The number of hydrogen-bond donors (Lipinski definition) is 1. The van der Waals surface area contributed by atoms with Crippen LogP contribution in [0.25, 0.3) is 0 Å². The Bertz CT molecular complexity index is 398. The maximum absolute atomic E-state index is 12.9. The van der Waals surface area contributed by atoms with Crippen LogP contribution in [0.3, 0.4) is 0 Å². The van der Waals surface area contributed by atoms with Gasteiger partial charge in [-0.3, -0.25) is 4.99 Å². The number of nitrogens with zero attached hydrogens (tertiary/aromatic N) is 1. The quantitative estimate of drug-likeness (QED) is 0.775. The van der Waals surface area contributed by atoms with E-state index in [4.69, 9.17) is 0 Å². The molecule has 0 saturated carbocycles. The summed E-state index contributed by atoms with van der Waals surface area (Å²) in [5, 5.41) is 3.29. The number of allylic oxidation sites excluding steroid dienone is 1. The summed E-state index contributed by atoms with van der Waals surface area (Å²) in [6.07, 6.45) is 4.98. The van der Waals surface area contributed by atoms with Gasteiger partial charge in [0, 0.05) is 6.04 Å². The highest BCUT2D eigenvalue weighted by molar-refractivity contribution is 5.76. The van der Waals surface area contributed by atoms with Gasteiger partial charge < -0.3 is 5.32 Å². The van der Waals surface area contributed by atoms with Crippen LogP contribution in [-0.4, -0.2) is 25.3 Å². The minimum absolute atomic E-state index is 0.0516. The molecule has 1 atom stereocenters. The smallest absolute Gasteiger partial charge is 0.138 e. The minimum atomic E-state index is -0.239. The third-order valence-electron chi connectivity index (χ3n) is 2.77. The summed E-state index contributed by atoms with van der Waals surface area (Å²) in [5.74, 6) is -0.239. The zero-order valence-corrected chi connectivity index (χ0v) is 9.77. The first kappa shape index (κ1) is 12.0. The summed E-state index contributed by atoms with van der Waals surface area (Å²) < 4.78 is 12.9. The van der Waals surface area contributed by atoms with Crippen LogP contribution < -0.4 is 5.32 Å². The van der Waals surface area contributed by atoms with Crippen molar-refractivity contribution in [3.05, 3.63) is 47.8 Å². The van der Waals surface area contributed by atoms with E-state index in [1.165, 1.54) is 11.8 Å². The molecule has 0 amide bonds. The predicted octanol–water partition coefficient (Wildman–Crippen LogP) is 2.52. The zero-order chi connectivity index (χ0) is 11.9. The fourth-order valence-corrected chi connectivity index (χ4v) is 1.89. The normalized spacial score (nSPS) is 19.1. The maximum Gasteiger partial charge on any atom is 0.138 e. The number of hydrogen-bond acceptors (Lipinski definition) is 2. The topological polar surface area (TPSA) is 24.4 Å². The Balaban J connectivity index is 1.65. The molecule has 90 valence electrons. The van der Waals surface area contributed by atoms with E-state index in [0.29, 0.717) is 6.54 Å². The fourth-order valence-electron chi connectivity index (χ4n) is 1.89. The second kappa shape index (κ2) is 6.30. The number of dihydropyridines is 1. The molecule has 1 aliphatic rings. The van der Waals surface area contributed by atoms with Crippen LogP contribution in [0.15, 0.2) is 47.2 Å². The first-order chi connectivity index (χ1) is 8.34. The molecule has 0 spiro atoms. The molecule has 2 rings (SSSR count). The Morgan fingerprint density at radius 3 is 2.88 bits per heavy atom. The van der Waals surface area contributed by atoms with Crippen molar-refractivity contribution in [2.75, 3.05) is 13.1 Å². The Morgan fingerprint density at radius 1 is 1.29 bits per heavy atom. The molecule has 0 saturated heterocycles. The van der Waals surface area contributed by atoms with E-state index < -0.39 is 0 Å². The van der Waals surface area contributed by atoms with Crippen molar-refractivity contribution < 1.29 is 4.39 Å². The van der Waals surface area contributed by atoms with Gasteiger partial charge in [0.25, 0.3) is 0 Å². The summed E-state index contributed by atoms with van der Waals surface area (Å²) >= 11 is 0. The van der Waals surface area contributed by atoms with Crippen molar-refractivity contribution in [3.63, 3.8) is 0 Å². The second-order valence-corrected chi connectivity index (χ2v) is 4.20. The van der Waals surface area contributed by atoms with Crippen molar-refractivity contribution in [1.82, 2.24) is 5.32 Å². The molecule has 2 nitrogen and oxygen atoms in total. The van der Waals surface area contributed by atoms with Gasteiger partial charge in [0.05, 0.1) is 12.8 Å². The van der Waals surface area contributed by atoms with Crippen LogP contribution in [0.4, 0.5) is 4.39 Å². The highest BCUT2D eigenvalue weighted by atomic mass is 19.1. The van der Waals surface area contributed by atoms with E-state index in [9.17, 15) is 4.39 Å². The van der Waals surface area contributed by atoms with Crippen LogP contribution >= 0.6 is 0 Å². The average molecular weight is 232 g/mol. The number of nitrogens with one attached hydrogen (secondary N) is 1. The van der Waals surface area contributed by atoms with Crippen LogP contribution in [0.2, 0.25) is 0 Å². The first-order valence-electron chi connectivity index (χ1n) is 5.99. The van der Waals surface area contributed by atoms with E-state index in [0.717, 1.165) is 19.4 Å². The van der Waals surface area contributed by atoms with Gasteiger partial charge >= 0.3 is 0 Å². The van der Waals surface area contributed by atoms with Crippen LogP contribution in [0.1, 0.15) is 12.0 Å². The number of aliphatic imine (C=N–C) groups is 1.